The van der Waals surface area contributed by atoms with Crippen molar-refractivity contribution < 1.29 is 8.42 Å². The maximum absolute atomic E-state index is 12.3. The van der Waals surface area contributed by atoms with Gasteiger partial charge >= 0.3 is 0 Å². The first-order valence-electron chi connectivity index (χ1n) is 6.14. The van der Waals surface area contributed by atoms with Crippen molar-refractivity contribution in [2.45, 2.75) is 12.8 Å². The molecule has 0 saturated carbocycles. The highest BCUT2D eigenvalue weighted by Gasteiger charge is 2.43. The number of halogens is 1. The summed E-state index contributed by atoms with van der Waals surface area (Å²) in [7, 11) is -3.14. The van der Waals surface area contributed by atoms with Crippen LogP contribution in [0.2, 0.25) is 0 Å². The lowest BCUT2D eigenvalue weighted by molar-refractivity contribution is 0.383. The average molecular weight is 282 g/mol. The summed E-state index contributed by atoms with van der Waals surface area (Å²) >= 11 is 0. The lowest BCUT2D eigenvalue weighted by Gasteiger charge is -2.23. The topological polar surface area (TPSA) is 52.7 Å². The molecule has 3 aliphatic heterocycles. The molecule has 5 nitrogen and oxygen atoms in total. The van der Waals surface area contributed by atoms with Gasteiger partial charge in [0, 0.05) is 26.2 Å². The Morgan fingerprint density at radius 2 is 1.47 bits per heavy atom. The Bertz CT molecular complexity index is 358. The summed E-state index contributed by atoms with van der Waals surface area (Å²) in [5, 5.41) is 3.33. The minimum absolute atomic E-state index is 0. The van der Waals surface area contributed by atoms with Gasteiger partial charge < -0.3 is 5.32 Å². The van der Waals surface area contributed by atoms with Gasteiger partial charge in [-0.2, -0.15) is 17.0 Å². The molecule has 0 aliphatic carbocycles. The number of rotatable bonds is 2. The third-order valence-corrected chi connectivity index (χ3v) is 6.04. The van der Waals surface area contributed by atoms with Gasteiger partial charge in [-0.25, -0.2) is 0 Å². The van der Waals surface area contributed by atoms with Crippen molar-refractivity contribution in [3.05, 3.63) is 0 Å². The summed E-state index contributed by atoms with van der Waals surface area (Å²) in [6, 6.07) is 0. The molecule has 0 amide bonds. The second kappa shape index (κ2) is 5.01. The van der Waals surface area contributed by atoms with E-state index in [-0.39, 0.29) is 12.4 Å². The molecule has 7 heteroatoms. The molecule has 0 bridgehead atoms. The fourth-order valence-electron chi connectivity index (χ4n) is 3.08. The van der Waals surface area contributed by atoms with E-state index in [2.05, 4.69) is 5.32 Å². The second-order valence-corrected chi connectivity index (χ2v) is 7.04. The summed E-state index contributed by atoms with van der Waals surface area (Å²) in [4.78, 5) is 0. The van der Waals surface area contributed by atoms with Crippen LogP contribution < -0.4 is 5.32 Å². The van der Waals surface area contributed by atoms with Crippen molar-refractivity contribution in [1.82, 2.24) is 13.9 Å². The predicted octanol–water partition coefficient (Wildman–Crippen LogP) is -0.1000. The van der Waals surface area contributed by atoms with E-state index >= 15 is 0 Å². The van der Waals surface area contributed by atoms with Gasteiger partial charge in [0.15, 0.2) is 0 Å². The Kier molecular flexibility index (Phi) is 3.99. The number of hydrogen-bond acceptors (Lipinski definition) is 3. The molecule has 3 fully saturated rings. The summed E-state index contributed by atoms with van der Waals surface area (Å²) in [6.45, 7) is 4.83. The van der Waals surface area contributed by atoms with Gasteiger partial charge in [-0.05, 0) is 37.8 Å². The molecule has 3 aliphatic rings. The lowest BCUT2D eigenvalue weighted by Crippen LogP contribution is -2.42. The van der Waals surface area contributed by atoms with Crippen LogP contribution in [0.25, 0.3) is 0 Å². The van der Waals surface area contributed by atoms with E-state index in [0.29, 0.717) is 24.9 Å². The molecule has 1 N–H and O–H groups in total. The SMILES string of the molecule is Cl.O=S(=O)(N1CCCC1)N1C[C@H]2CNC[C@H]2C1. The first-order chi connectivity index (χ1) is 7.68. The Morgan fingerprint density at radius 3 is 2.00 bits per heavy atom. The zero-order valence-corrected chi connectivity index (χ0v) is 11.5. The molecule has 0 spiro atoms. The fourth-order valence-corrected chi connectivity index (χ4v) is 4.89. The molecule has 0 radical (unpaired) electrons. The number of nitrogens with zero attached hydrogens (tertiary/aromatic N) is 2. The summed E-state index contributed by atoms with van der Waals surface area (Å²) in [6.07, 6.45) is 2.03. The predicted molar refractivity (Wildman–Crippen MR) is 68.4 cm³/mol. The van der Waals surface area contributed by atoms with E-state index in [1.54, 1.807) is 8.61 Å². The van der Waals surface area contributed by atoms with Gasteiger partial charge in [-0.3, -0.25) is 0 Å². The Morgan fingerprint density at radius 1 is 0.941 bits per heavy atom. The summed E-state index contributed by atoms with van der Waals surface area (Å²) in [5.74, 6) is 1.08. The maximum Gasteiger partial charge on any atom is 0.281 e. The van der Waals surface area contributed by atoms with Crippen molar-refractivity contribution in [3.8, 4) is 0 Å². The average Bonchev–Trinajstić information content (AvgIpc) is 2.94. The van der Waals surface area contributed by atoms with Crippen molar-refractivity contribution >= 4 is 22.6 Å². The smallest absolute Gasteiger partial charge is 0.281 e. The van der Waals surface area contributed by atoms with Gasteiger partial charge in [0.25, 0.3) is 10.2 Å². The van der Waals surface area contributed by atoms with E-state index in [1.807, 2.05) is 0 Å². The van der Waals surface area contributed by atoms with E-state index in [0.717, 1.165) is 39.0 Å². The van der Waals surface area contributed by atoms with Crippen LogP contribution in [-0.2, 0) is 10.2 Å². The van der Waals surface area contributed by atoms with E-state index in [1.165, 1.54) is 0 Å². The van der Waals surface area contributed by atoms with Gasteiger partial charge in [0.1, 0.15) is 0 Å². The van der Waals surface area contributed by atoms with E-state index < -0.39 is 10.2 Å². The highest BCUT2D eigenvalue weighted by atomic mass is 35.5. The lowest BCUT2D eigenvalue weighted by atomic mass is 10.0. The second-order valence-electron chi connectivity index (χ2n) is 5.11. The van der Waals surface area contributed by atoms with Crippen molar-refractivity contribution in [3.63, 3.8) is 0 Å². The standard InChI is InChI=1S/C10H19N3O2S.ClH/c14-16(15,12-3-1-2-4-12)13-7-9-5-11-6-10(9)8-13;/h9-11H,1-8H2;1H/t9-,10+;. The largest absolute Gasteiger partial charge is 0.316 e. The van der Waals surface area contributed by atoms with Crippen molar-refractivity contribution in [2.75, 3.05) is 39.3 Å². The van der Waals surface area contributed by atoms with E-state index in [4.69, 9.17) is 0 Å². The van der Waals surface area contributed by atoms with Gasteiger partial charge in [-0.15, -0.1) is 12.4 Å². The third-order valence-electron chi connectivity index (χ3n) is 4.07. The molecule has 0 aromatic carbocycles. The molecule has 3 saturated heterocycles. The van der Waals surface area contributed by atoms with Crippen LogP contribution >= 0.6 is 12.4 Å². The number of nitrogens with one attached hydrogen (secondary N) is 1. The summed E-state index contributed by atoms with van der Waals surface area (Å²) < 4.78 is 28.0. The van der Waals surface area contributed by atoms with Gasteiger partial charge in [0.2, 0.25) is 0 Å². The van der Waals surface area contributed by atoms with E-state index in [9.17, 15) is 8.42 Å². The maximum atomic E-state index is 12.3. The van der Waals surface area contributed by atoms with Crippen LogP contribution in [0.3, 0.4) is 0 Å². The minimum atomic E-state index is -3.14. The monoisotopic (exact) mass is 281 g/mol. The van der Waals surface area contributed by atoms with Gasteiger partial charge in [-0.1, -0.05) is 0 Å². The fraction of sp³-hybridized carbons (Fsp3) is 1.00. The molecule has 100 valence electrons. The third kappa shape index (κ3) is 2.33. The molecule has 3 heterocycles. The Hall–Kier alpha value is 0.120. The first-order valence-corrected chi connectivity index (χ1v) is 7.53. The van der Waals surface area contributed by atoms with Crippen molar-refractivity contribution in [2.24, 2.45) is 11.8 Å². The normalized spacial score (nSPS) is 34.8. The molecule has 3 rings (SSSR count). The first kappa shape index (κ1) is 13.5. The number of hydrogen-bond donors (Lipinski definition) is 1. The molecular weight excluding hydrogens is 262 g/mol. The van der Waals surface area contributed by atoms with Crippen LogP contribution in [-0.4, -0.2) is 56.3 Å². The highest BCUT2D eigenvalue weighted by molar-refractivity contribution is 7.86. The molecular formula is C10H20ClN3O2S. The van der Waals surface area contributed by atoms with Crippen LogP contribution in [0.4, 0.5) is 0 Å². The summed E-state index contributed by atoms with van der Waals surface area (Å²) in [5.41, 5.74) is 0. The minimum Gasteiger partial charge on any atom is -0.316 e. The van der Waals surface area contributed by atoms with Gasteiger partial charge in [0.05, 0.1) is 0 Å². The zero-order valence-electron chi connectivity index (χ0n) is 9.84. The molecule has 0 aromatic rings. The Balaban J connectivity index is 0.00000108. The molecule has 0 unspecified atom stereocenters. The van der Waals surface area contributed by atoms with Crippen molar-refractivity contribution in [1.29, 1.82) is 0 Å². The molecule has 17 heavy (non-hydrogen) atoms. The van der Waals surface area contributed by atoms with Crippen LogP contribution in [0.1, 0.15) is 12.8 Å². The Labute approximate surface area is 109 Å². The molecule has 0 aromatic heterocycles. The quantitative estimate of drug-likeness (QED) is 0.769. The number of fused-ring (bicyclic) bond motifs is 1. The molecule has 2 atom stereocenters. The van der Waals surface area contributed by atoms with Crippen LogP contribution in [0, 0.1) is 11.8 Å². The van der Waals surface area contributed by atoms with Crippen LogP contribution in [0.5, 0.6) is 0 Å². The van der Waals surface area contributed by atoms with Crippen LogP contribution in [0.15, 0.2) is 0 Å². The highest BCUT2D eigenvalue weighted by Crippen LogP contribution is 2.30. The zero-order chi connectivity index (χ0) is 11.2.